The van der Waals surface area contributed by atoms with Gasteiger partial charge >= 0.3 is 5.97 Å². The van der Waals surface area contributed by atoms with Crippen LogP contribution in [0.4, 0.5) is 0 Å². The van der Waals surface area contributed by atoms with E-state index in [1.54, 1.807) is 10.7 Å². The molecule has 19 heavy (non-hydrogen) atoms. The first-order valence-electron chi connectivity index (χ1n) is 5.84. The molecule has 1 aromatic heterocycles. The summed E-state index contributed by atoms with van der Waals surface area (Å²) in [6.45, 7) is 3.67. The topological polar surface area (TPSA) is 89.3 Å². The lowest BCUT2D eigenvalue weighted by molar-refractivity contribution is -0.133. The lowest BCUT2D eigenvalue weighted by atomic mass is 10.0. The van der Waals surface area contributed by atoms with E-state index in [4.69, 9.17) is 5.11 Å². The van der Waals surface area contributed by atoms with Crippen LogP contribution in [0.1, 0.15) is 19.0 Å². The van der Waals surface area contributed by atoms with E-state index in [0.717, 1.165) is 5.69 Å². The van der Waals surface area contributed by atoms with E-state index < -0.39 is 21.3 Å². The van der Waals surface area contributed by atoms with Crippen molar-refractivity contribution in [3.05, 3.63) is 11.8 Å². The van der Waals surface area contributed by atoms with Crippen LogP contribution in [0.3, 0.4) is 0 Å². The first kappa shape index (κ1) is 14.4. The monoisotopic (exact) mass is 304 g/mol. The lowest BCUT2D eigenvalue weighted by Gasteiger charge is -2.25. The Morgan fingerprint density at radius 1 is 1.63 bits per heavy atom. The first-order valence-corrected chi connectivity index (χ1v) is 8.65. The highest BCUT2D eigenvalue weighted by atomic mass is 32.2. The van der Waals surface area contributed by atoms with Gasteiger partial charge in [-0.15, -0.1) is 0 Å². The fourth-order valence-electron chi connectivity index (χ4n) is 2.26. The summed E-state index contributed by atoms with van der Waals surface area (Å²) in [6.07, 6.45) is 0.511. The fourth-order valence-corrected chi connectivity index (χ4v) is 5.28. The van der Waals surface area contributed by atoms with Crippen LogP contribution < -0.4 is 0 Å². The fraction of sp³-hybridized carbons (Fsp3) is 0.636. The van der Waals surface area contributed by atoms with Crippen molar-refractivity contribution in [3.8, 4) is 0 Å². The Hall–Kier alpha value is -1.02. The average molecular weight is 304 g/mol. The van der Waals surface area contributed by atoms with Gasteiger partial charge in [-0.25, -0.2) is 8.42 Å². The Balaban J connectivity index is 2.32. The van der Waals surface area contributed by atoms with Crippen molar-refractivity contribution in [2.24, 2.45) is 0 Å². The van der Waals surface area contributed by atoms with Crippen LogP contribution >= 0.6 is 11.8 Å². The van der Waals surface area contributed by atoms with Crippen LogP contribution in [0.15, 0.2) is 11.1 Å². The minimum absolute atomic E-state index is 0.0573. The number of hydrogen-bond acceptors (Lipinski definition) is 5. The Morgan fingerprint density at radius 2 is 2.32 bits per heavy atom. The number of aliphatic carboxylic acids is 1. The minimum Gasteiger partial charge on any atom is -0.481 e. The second kappa shape index (κ2) is 4.82. The van der Waals surface area contributed by atoms with Crippen LogP contribution in [0.25, 0.3) is 0 Å². The van der Waals surface area contributed by atoms with E-state index in [1.165, 1.54) is 11.8 Å². The van der Waals surface area contributed by atoms with Crippen LogP contribution in [0, 0.1) is 6.92 Å². The number of carboxylic acids is 1. The highest BCUT2D eigenvalue weighted by molar-refractivity contribution is 7.99. The van der Waals surface area contributed by atoms with E-state index in [9.17, 15) is 13.2 Å². The Labute approximate surface area is 116 Å². The number of aryl methyl sites for hydroxylation is 1. The molecule has 0 saturated carbocycles. The second-order valence-electron chi connectivity index (χ2n) is 5.06. The average Bonchev–Trinajstić information content (AvgIpc) is 2.77. The summed E-state index contributed by atoms with van der Waals surface area (Å²) < 4.78 is 25.0. The molecule has 1 fully saturated rings. The second-order valence-corrected chi connectivity index (χ2v) is 8.24. The first-order chi connectivity index (χ1) is 8.72. The van der Waals surface area contributed by atoms with Gasteiger partial charge in [0, 0.05) is 0 Å². The lowest BCUT2D eigenvalue weighted by Crippen LogP contribution is -2.33. The largest absolute Gasteiger partial charge is 0.481 e. The number of carbonyl (C=O) groups is 1. The molecule has 106 valence electrons. The van der Waals surface area contributed by atoms with Gasteiger partial charge in [0.1, 0.15) is 0 Å². The SMILES string of the molecule is Cc1cc(SCC(=O)O)n(C2(C)CCS(=O)(=O)C2)n1. The molecule has 8 heteroatoms. The summed E-state index contributed by atoms with van der Waals surface area (Å²) >= 11 is 1.17. The van der Waals surface area contributed by atoms with Crippen molar-refractivity contribution in [1.82, 2.24) is 9.78 Å². The number of thioether (sulfide) groups is 1. The van der Waals surface area contributed by atoms with E-state index >= 15 is 0 Å². The third-order valence-corrected chi connectivity index (χ3v) is 6.00. The number of carboxylic acid groups (broad SMARTS) is 1. The van der Waals surface area contributed by atoms with Crippen LogP contribution in [-0.4, -0.2) is 46.5 Å². The Bertz CT molecular complexity index is 608. The molecule has 0 bridgehead atoms. The van der Waals surface area contributed by atoms with Gasteiger partial charge in [-0.05, 0) is 26.3 Å². The zero-order valence-corrected chi connectivity index (χ0v) is 12.4. The van der Waals surface area contributed by atoms with Gasteiger partial charge in [-0.1, -0.05) is 11.8 Å². The number of nitrogens with zero attached hydrogens (tertiary/aromatic N) is 2. The van der Waals surface area contributed by atoms with E-state index in [2.05, 4.69) is 5.10 Å². The molecular formula is C11H16N2O4S2. The molecule has 1 atom stereocenters. The van der Waals surface area contributed by atoms with E-state index in [0.29, 0.717) is 11.4 Å². The Morgan fingerprint density at radius 3 is 2.84 bits per heavy atom. The highest BCUT2D eigenvalue weighted by Crippen LogP contribution is 2.34. The van der Waals surface area contributed by atoms with Crippen LogP contribution in [0.5, 0.6) is 0 Å². The van der Waals surface area contributed by atoms with E-state index in [1.807, 2.05) is 13.8 Å². The molecule has 0 aromatic carbocycles. The molecule has 2 heterocycles. The molecule has 1 aromatic rings. The molecule has 1 saturated heterocycles. The van der Waals surface area contributed by atoms with Crippen molar-refractivity contribution >= 4 is 27.6 Å². The predicted molar refractivity (Wildman–Crippen MR) is 72.2 cm³/mol. The zero-order valence-electron chi connectivity index (χ0n) is 10.8. The van der Waals surface area contributed by atoms with Crippen molar-refractivity contribution in [2.45, 2.75) is 30.8 Å². The number of aromatic nitrogens is 2. The normalized spacial score (nSPS) is 25.6. The molecular weight excluding hydrogens is 288 g/mol. The smallest absolute Gasteiger partial charge is 0.313 e. The molecule has 0 aliphatic carbocycles. The van der Waals surface area contributed by atoms with Gasteiger partial charge in [0.2, 0.25) is 0 Å². The van der Waals surface area contributed by atoms with Crippen molar-refractivity contribution in [3.63, 3.8) is 0 Å². The van der Waals surface area contributed by atoms with Crippen LogP contribution in [0.2, 0.25) is 0 Å². The van der Waals surface area contributed by atoms with Gasteiger partial charge in [0.05, 0.1) is 33.5 Å². The maximum Gasteiger partial charge on any atom is 0.313 e. The number of hydrogen-bond donors (Lipinski definition) is 1. The van der Waals surface area contributed by atoms with Crippen LogP contribution in [-0.2, 0) is 20.2 Å². The summed E-state index contributed by atoms with van der Waals surface area (Å²) in [5, 5.41) is 13.8. The predicted octanol–water partition coefficient (Wildman–Crippen LogP) is 0.902. The van der Waals surface area contributed by atoms with Gasteiger partial charge in [-0.2, -0.15) is 5.10 Å². The van der Waals surface area contributed by atoms with Crippen molar-refractivity contribution < 1.29 is 18.3 Å². The quantitative estimate of drug-likeness (QED) is 0.831. The molecule has 2 rings (SSSR count). The van der Waals surface area contributed by atoms with Gasteiger partial charge in [0.25, 0.3) is 0 Å². The third-order valence-electron chi connectivity index (χ3n) is 3.14. The summed E-state index contributed by atoms with van der Waals surface area (Å²) in [4.78, 5) is 10.6. The number of rotatable bonds is 4. The molecule has 0 spiro atoms. The summed E-state index contributed by atoms with van der Waals surface area (Å²) in [6, 6.07) is 1.80. The summed E-state index contributed by atoms with van der Waals surface area (Å²) in [5.74, 6) is -0.749. The van der Waals surface area contributed by atoms with Gasteiger partial charge in [-0.3, -0.25) is 9.48 Å². The van der Waals surface area contributed by atoms with Crippen molar-refractivity contribution in [1.29, 1.82) is 0 Å². The third kappa shape index (κ3) is 3.11. The Kier molecular flexibility index (Phi) is 3.65. The molecule has 0 amide bonds. The minimum atomic E-state index is -3.03. The highest BCUT2D eigenvalue weighted by Gasteiger charge is 2.41. The maximum atomic E-state index is 11.7. The standard InChI is InChI=1S/C11H16N2O4S2/c1-8-5-9(18-6-10(14)15)13(12-8)11(2)3-4-19(16,17)7-11/h5H,3-4,6-7H2,1-2H3,(H,14,15). The zero-order chi connectivity index (χ0) is 14.3. The van der Waals surface area contributed by atoms with Gasteiger partial charge < -0.3 is 5.11 Å². The molecule has 6 nitrogen and oxygen atoms in total. The molecule has 1 aliphatic rings. The summed E-state index contributed by atoms with van der Waals surface area (Å²) in [7, 11) is -3.03. The molecule has 0 radical (unpaired) electrons. The van der Waals surface area contributed by atoms with E-state index in [-0.39, 0.29) is 17.3 Å². The molecule has 1 aliphatic heterocycles. The maximum absolute atomic E-state index is 11.7. The summed E-state index contributed by atoms with van der Waals surface area (Å²) in [5.41, 5.74) is 0.187. The van der Waals surface area contributed by atoms with Crippen molar-refractivity contribution in [2.75, 3.05) is 17.3 Å². The molecule has 1 N–H and O–H groups in total. The van der Waals surface area contributed by atoms with Gasteiger partial charge in [0.15, 0.2) is 9.84 Å². The number of sulfone groups is 1. The molecule has 1 unspecified atom stereocenters.